The van der Waals surface area contributed by atoms with E-state index in [0.29, 0.717) is 12.2 Å². The van der Waals surface area contributed by atoms with Gasteiger partial charge in [-0.2, -0.15) is 0 Å². The summed E-state index contributed by atoms with van der Waals surface area (Å²) in [6.45, 7) is 5.54. The lowest BCUT2D eigenvalue weighted by Gasteiger charge is -2.46. The van der Waals surface area contributed by atoms with E-state index in [2.05, 4.69) is 5.32 Å². The molecule has 0 bridgehead atoms. The standard InChI is InChI=1S/C14H24N2O3S/c1-9(7-8-20(4)19)16-10(2)12(17)15-14(3,13(16)18)11-5-6-11/h9-11H,5-8H2,1-4H3,(H,15,17). The fourth-order valence-electron chi connectivity index (χ4n) is 2.98. The number of hydrogen-bond donors (Lipinski definition) is 1. The van der Waals surface area contributed by atoms with Crippen LogP contribution in [0.5, 0.6) is 0 Å². The molecule has 5 nitrogen and oxygen atoms in total. The van der Waals surface area contributed by atoms with Crippen LogP contribution in [-0.2, 0) is 20.4 Å². The highest BCUT2D eigenvalue weighted by molar-refractivity contribution is 7.84. The molecule has 20 heavy (non-hydrogen) atoms. The molecule has 2 fully saturated rings. The van der Waals surface area contributed by atoms with Crippen LogP contribution in [0.25, 0.3) is 0 Å². The molecule has 1 saturated carbocycles. The first kappa shape index (κ1) is 15.5. The summed E-state index contributed by atoms with van der Waals surface area (Å²) in [4.78, 5) is 26.7. The van der Waals surface area contributed by atoms with Crippen LogP contribution in [0.3, 0.4) is 0 Å². The molecule has 0 spiro atoms. The predicted molar refractivity (Wildman–Crippen MR) is 78.6 cm³/mol. The molecule has 0 radical (unpaired) electrons. The molecule has 1 aliphatic carbocycles. The van der Waals surface area contributed by atoms with Gasteiger partial charge in [-0.3, -0.25) is 13.8 Å². The average Bonchev–Trinajstić information content (AvgIpc) is 3.18. The largest absolute Gasteiger partial charge is 0.340 e. The van der Waals surface area contributed by atoms with E-state index in [1.54, 1.807) is 18.1 Å². The van der Waals surface area contributed by atoms with Crippen molar-refractivity contribution in [2.24, 2.45) is 5.92 Å². The number of piperazine rings is 1. The molecule has 0 aromatic carbocycles. The molecular weight excluding hydrogens is 276 g/mol. The topological polar surface area (TPSA) is 66.5 Å². The van der Waals surface area contributed by atoms with E-state index in [1.165, 1.54) is 0 Å². The first-order valence-corrected chi connectivity index (χ1v) is 8.95. The molecule has 114 valence electrons. The van der Waals surface area contributed by atoms with Gasteiger partial charge in [0.15, 0.2) is 0 Å². The summed E-state index contributed by atoms with van der Waals surface area (Å²) in [5.74, 6) is 0.755. The minimum atomic E-state index is -0.876. The van der Waals surface area contributed by atoms with E-state index in [1.807, 2.05) is 13.8 Å². The fraction of sp³-hybridized carbons (Fsp3) is 0.857. The Morgan fingerprint density at radius 2 is 2.05 bits per heavy atom. The third kappa shape index (κ3) is 2.75. The molecule has 4 unspecified atom stereocenters. The number of amides is 2. The maximum atomic E-state index is 12.8. The van der Waals surface area contributed by atoms with E-state index in [4.69, 9.17) is 0 Å². The molecule has 0 aromatic heterocycles. The molecule has 1 saturated heterocycles. The fourth-order valence-corrected chi connectivity index (χ4v) is 3.65. The van der Waals surface area contributed by atoms with Crippen LogP contribution in [0, 0.1) is 5.92 Å². The molecule has 1 N–H and O–H groups in total. The summed E-state index contributed by atoms with van der Waals surface area (Å²) in [5.41, 5.74) is -0.747. The van der Waals surface area contributed by atoms with E-state index in [0.717, 1.165) is 12.8 Å². The van der Waals surface area contributed by atoms with Gasteiger partial charge in [0.25, 0.3) is 0 Å². The van der Waals surface area contributed by atoms with Crippen molar-refractivity contribution >= 4 is 22.6 Å². The van der Waals surface area contributed by atoms with Gasteiger partial charge >= 0.3 is 0 Å². The zero-order valence-corrected chi connectivity index (χ0v) is 13.5. The van der Waals surface area contributed by atoms with Crippen LogP contribution in [0.1, 0.15) is 40.0 Å². The highest BCUT2D eigenvalue weighted by Gasteiger charge is 2.55. The second-order valence-electron chi connectivity index (χ2n) is 6.27. The summed E-state index contributed by atoms with van der Waals surface area (Å²) in [6, 6.07) is -0.514. The molecule has 2 amide bonds. The second-order valence-corrected chi connectivity index (χ2v) is 7.82. The summed E-state index contributed by atoms with van der Waals surface area (Å²) >= 11 is 0. The Kier molecular flexibility index (Phi) is 4.23. The van der Waals surface area contributed by atoms with Gasteiger partial charge in [-0.25, -0.2) is 0 Å². The monoisotopic (exact) mass is 300 g/mol. The van der Waals surface area contributed by atoms with Gasteiger partial charge in [0.2, 0.25) is 11.8 Å². The number of carbonyl (C=O) groups excluding carboxylic acids is 2. The Labute approximate surface area is 122 Å². The second kappa shape index (κ2) is 5.47. The summed E-state index contributed by atoms with van der Waals surface area (Å²) in [5, 5.41) is 2.91. The maximum Gasteiger partial charge on any atom is 0.249 e. The van der Waals surface area contributed by atoms with Crippen molar-refractivity contribution in [2.75, 3.05) is 12.0 Å². The van der Waals surface area contributed by atoms with Crippen molar-refractivity contribution in [1.82, 2.24) is 10.2 Å². The maximum absolute atomic E-state index is 12.8. The first-order valence-electron chi connectivity index (χ1n) is 7.22. The number of nitrogens with one attached hydrogen (secondary N) is 1. The predicted octanol–water partition coefficient (Wildman–Crippen LogP) is 0.659. The quantitative estimate of drug-likeness (QED) is 0.811. The first-order chi connectivity index (χ1) is 9.27. The van der Waals surface area contributed by atoms with Crippen molar-refractivity contribution in [2.45, 2.75) is 57.7 Å². The van der Waals surface area contributed by atoms with E-state index >= 15 is 0 Å². The molecule has 0 aromatic rings. The Morgan fingerprint density at radius 3 is 2.55 bits per heavy atom. The van der Waals surface area contributed by atoms with Gasteiger partial charge in [0.1, 0.15) is 11.6 Å². The summed E-state index contributed by atoms with van der Waals surface area (Å²) < 4.78 is 11.2. The Hall–Kier alpha value is -0.910. The van der Waals surface area contributed by atoms with Crippen molar-refractivity contribution in [3.63, 3.8) is 0 Å². The van der Waals surface area contributed by atoms with Gasteiger partial charge < -0.3 is 10.2 Å². The molecular formula is C14H24N2O3S. The normalized spacial score (nSPS) is 33.8. The van der Waals surface area contributed by atoms with Gasteiger partial charge in [-0.05, 0) is 46.0 Å². The zero-order valence-electron chi connectivity index (χ0n) is 12.6. The minimum Gasteiger partial charge on any atom is -0.340 e. The van der Waals surface area contributed by atoms with Crippen molar-refractivity contribution in [1.29, 1.82) is 0 Å². The lowest BCUT2D eigenvalue weighted by Crippen LogP contribution is -2.71. The molecule has 2 aliphatic rings. The van der Waals surface area contributed by atoms with Crippen molar-refractivity contribution in [3.8, 4) is 0 Å². The summed E-state index contributed by atoms with van der Waals surface area (Å²) in [6.07, 6.45) is 4.32. The zero-order chi connectivity index (χ0) is 15.1. The van der Waals surface area contributed by atoms with Crippen LogP contribution < -0.4 is 5.32 Å². The van der Waals surface area contributed by atoms with Crippen LogP contribution in [0.4, 0.5) is 0 Å². The van der Waals surface area contributed by atoms with E-state index in [9.17, 15) is 13.8 Å². The van der Waals surface area contributed by atoms with Gasteiger partial charge in [0.05, 0.1) is 0 Å². The van der Waals surface area contributed by atoms with Crippen LogP contribution in [-0.4, -0.2) is 50.6 Å². The number of carbonyl (C=O) groups is 2. The Bertz CT molecular complexity index is 450. The lowest BCUT2D eigenvalue weighted by atomic mass is 9.88. The van der Waals surface area contributed by atoms with Crippen LogP contribution in [0.15, 0.2) is 0 Å². The van der Waals surface area contributed by atoms with E-state index in [-0.39, 0.29) is 23.8 Å². The molecule has 6 heteroatoms. The number of rotatable bonds is 5. The lowest BCUT2D eigenvalue weighted by molar-refractivity contribution is -0.157. The third-order valence-electron chi connectivity index (χ3n) is 4.55. The Balaban J connectivity index is 2.17. The minimum absolute atomic E-state index is 0.0153. The molecule has 2 rings (SSSR count). The molecule has 1 heterocycles. The van der Waals surface area contributed by atoms with Crippen molar-refractivity contribution in [3.05, 3.63) is 0 Å². The smallest absolute Gasteiger partial charge is 0.249 e. The highest BCUT2D eigenvalue weighted by atomic mass is 32.2. The number of hydrogen-bond acceptors (Lipinski definition) is 3. The van der Waals surface area contributed by atoms with Gasteiger partial charge in [-0.1, -0.05) is 0 Å². The van der Waals surface area contributed by atoms with Gasteiger partial charge in [-0.15, -0.1) is 0 Å². The highest BCUT2D eigenvalue weighted by Crippen LogP contribution is 2.42. The van der Waals surface area contributed by atoms with Crippen molar-refractivity contribution < 1.29 is 13.8 Å². The van der Waals surface area contributed by atoms with Crippen LogP contribution >= 0.6 is 0 Å². The average molecular weight is 300 g/mol. The SMILES string of the molecule is CC(CCS(C)=O)N1C(=O)C(C)(C2CC2)NC(=O)C1C. The van der Waals surface area contributed by atoms with Gasteiger partial charge in [0, 0.05) is 28.9 Å². The summed E-state index contributed by atoms with van der Waals surface area (Å²) in [7, 11) is -0.876. The third-order valence-corrected chi connectivity index (χ3v) is 5.36. The van der Waals surface area contributed by atoms with E-state index < -0.39 is 22.4 Å². The number of nitrogens with zero attached hydrogens (tertiary/aromatic N) is 1. The molecule has 1 aliphatic heterocycles. The molecule has 4 atom stereocenters. The van der Waals surface area contributed by atoms with Crippen LogP contribution in [0.2, 0.25) is 0 Å². The Morgan fingerprint density at radius 1 is 1.45 bits per heavy atom.